The zero-order valence-corrected chi connectivity index (χ0v) is 13.9. The average Bonchev–Trinajstić information content (AvgIpc) is 2.61. The summed E-state index contributed by atoms with van der Waals surface area (Å²) in [7, 11) is 0. The number of aliphatic hydroxyl groups excluding tert-OH is 1. The summed E-state index contributed by atoms with van der Waals surface area (Å²) in [6.07, 6.45) is -0.631. The Morgan fingerprint density at radius 2 is 1.88 bits per heavy atom. The summed E-state index contributed by atoms with van der Waals surface area (Å²) < 4.78 is 5.64. The summed E-state index contributed by atoms with van der Waals surface area (Å²) in [4.78, 5) is 10.8. The molecule has 0 aliphatic heterocycles. The molecule has 0 unspecified atom stereocenters. The second kappa shape index (κ2) is 9.70. The Morgan fingerprint density at radius 1 is 1.17 bits per heavy atom. The van der Waals surface area contributed by atoms with Crippen LogP contribution >= 0.6 is 0 Å². The number of carbonyl (C=O) groups is 1. The van der Waals surface area contributed by atoms with Gasteiger partial charge in [0, 0.05) is 12.5 Å². The van der Waals surface area contributed by atoms with Crippen LogP contribution in [0.5, 0.6) is 5.75 Å². The van der Waals surface area contributed by atoms with Crippen LogP contribution in [0.1, 0.15) is 24.2 Å². The predicted octanol–water partition coefficient (Wildman–Crippen LogP) is 0.999. The van der Waals surface area contributed by atoms with Gasteiger partial charge in [0.2, 0.25) is 5.91 Å². The number of nitrogens with two attached hydrogens (primary N) is 1. The van der Waals surface area contributed by atoms with Crippen molar-refractivity contribution in [2.45, 2.75) is 19.6 Å². The number of nitrogens with one attached hydrogen (secondary N) is 1. The van der Waals surface area contributed by atoms with Gasteiger partial charge in [0.15, 0.2) is 0 Å². The zero-order valence-electron chi connectivity index (χ0n) is 13.9. The molecule has 1 atom stereocenters. The molecule has 0 aliphatic rings. The van der Waals surface area contributed by atoms with E-state index >= 15 is 0 Å². The highest BCUT2D eigenvalue weighted by atomic mass is 16.5. The van der Waals surface area contributed by atoms with Crippen LogP contribution in [0, 0.1) is 0 Å². The molecule has 0 heterocycles. The van der Waals surface area contributed by atoms with Gasteiger partial charge in [0.25, 0.3) is 0 Å². The van der Waals surface area contributed by atoms with Crippen molar-refractivity contribution in [3.63, 3.8) is 0 Å². The SMILES string of the molecule is CC(=O)NCC[NH2+]Cc1ccc(OC[C@H](O)c2ccccc2)cc1. The fraction of sp³-hybridized carbons (Fsp3) is 0.316. The minimum atomic E-state index is -0.631. The Kier molecular flexibility index (Phi) is 7.26. The molecule has 0 saturated heterocycles. The third-order valence-corrected chi connectivity index (χ3v) is 3.62. The first-order valence-electron chi connectivity index (χ1n) is 8.16. The summed E-state index contributed by atoms with van der Waals surface area (Å²) in [6, 6.07) is 17.3. The van der Waals surface area contributed by atoms with E-state index in [0.717, 1.165) is 24.4 Å². The Hall–Kier alpha value is -2.37. The highest BCUT2D eigenvalue weighted by molar-refractivity contribution is 5.72. The third kappa shape index (κ3) is 6.40. The molecule has 24 heavy (non-hydrogen) atoms. The van der Waals surface area contributed by atoms with E-state index in [1.807, 2.05) is 54.6 Å². The molecule has 2 aromatic carbocycles. The number of hydrogen-bond donors (Lipinski definition) is 3. The molecule has 0 aliphatic carbocycles. The third-order valence-electron chi connectivity index (χ3n) is 3.62. The van der Waals surface area contributed by atoms with Gasteiger partial charge in [0.1, 0.15) is 25.0 Å². The monoisotopic (exact) mass is 329 g/mol. The maximum absolute atomic E-state index is 10.8. The number of benzene rings is 2. The minimum Gasteiger partial charge on any atom is -0.491 e. The summed E-state index contributed by atoms with van der Waals surface area (Å²) in [5.74, 6) is 0.745. The molecule has 5 nitrogen and oxygen atoms in total. The highest BCUT2D eigenvalue weighted by Crippen LogP contribution is 2.16. The standard InChI is InChI=1S/C19H24N2O3/c1-15(22)21-12-11-20-13-16-7-9-18(10-8-16)24-14-19(23)17-5-3-2-4-6-17/h2-10,19-20,23H,11-14H2,1H3,(H,21,22)/p+1/t19-/m0/s1. The summed E-state index contributed by atoms with van der Waals surface area (Å²) >= 11 is 0. The molecule has 5 heteroatoms. The van der Waals surface area contributed by atoms with Crippen LogP contribution in [0.3, 0.4) is 0 Å². The minimum absolute atomic E-state index is 0.00240. The van der Waals surface area contributed by atoms with Crippen LogP contribution in [-0.2, 0) is 11.3 Å². The van der Waals surface area contributed by atoms with Crippen LogP contribution < -0.4 is 15.4 Å². The van der Waals surface area contributed by atoms with Crippen molar-refractivity contribution in [1.29, 1.82) is 0 Å². The Labute approximate surface area is 142 Å². The van der Waals surface area contributed by atoms with Gasteiger partial charge >= 0.3 is 0 Å². The number of aliphatic hydroxyl groups is 1. The number of ether oxygens (including phenoxy) is 1. The van der Waals surface area contributed by atoms with Gasteiger partial charge in [-0.15, -0.1) is 0 Å². The first kappa shape index (κ1) is 18.0. The molecule has 4 N–H and O–H groups in total. The van der Waals surface area contributed by atoms with Gasteiger partial charge in [-0.05, 0) is 29.8 Å². The molecule has 0 spiro atoms. The lowest BCUT2D eigenvalue weighted by Crippen LogP contribution is -2.84. The van der Waals surface area contributed by atoms with E-state index in [1.165, 1.54) is 12.5 Å². The molecule has 0 fully saturated rings. The van der Waals surface area contributed by atoms with Crippen LogP contribution in [0.25, 0.3) is 0 Å². The summed E-state index contributed by atoms with van der Waals surface area (Å²) in [6.45, 7) is 4.13. The van der Waals surface area contributed by atoms with Gasteiger partial charge in [-0.3, -0.25) is 4.79 Å². The Bertz CT molecular complexity index is 614. The Balaban J connectivity index is 1.71. The van der Waals surface area contributed by atoms with E-state index in [4.69, 9.17) is 4.74 Å². The predicted molar refractivity (Wildman–Crippen MR) is 92.5 cm³/mol. The van der Waals surface area contributed by atoms with Gasteiger partial charge in [-0.25, -0.2) is 0 Å². The van der Waals surface area contributed by atoms with E-state index in [0.29, 0.717) is 6.54 Å². The molecular weight excluding hydrogens is 304 g/mol. The van der Waals surface area contributed by atoms with Crippen LogP contribution in [0.2, 0.25) is 0 Å². The van der Waals surface area contributed by atoms with Gasteiger partial charge in [-0.2, -0.15) is 0 Å². The lowest BCUT2D eigenvalue weighted by atomic mass is 10.1. The van der Waals surface area contributed by atoms with E-state index in [2.05, 4.69) is 10.6 Å². The average molecular weight is 329 g/mol. The number of hydrogen-bond acceptors (Lipinski definition) is 3. The molecule has 0 bridgehead atoms. The van der Waals surface area contributed by atoms with E-state index < -0.39 is 6.10 Å². The van der Waals surface area contributed by atoms with Crippen molar-refractivity contribution in [2.75, 3.05) is 19.7 Å². The maximum atomic E-state index is 10.8. The maximum Gasteiger partial charge on any atom is 0.217 e. The van der Waals surface area contributed by atoms with Crippen LogP contribution in [0.15, 0.2) is 54.6 Å². The van der Waals surface area contributed by atoms with Crippen molar-refractivity contribution >= 4 is 5.91 Å². The Morgan fingerprint density at radius 3 is 2.54 bits per heavy atom. The lowest BCUT2D eigenvalue weighted by Gasteiger charge is -2.13. The van der Waals surface area contributed by atoms with Crippen molar-refractivity contribution < 1.29 is 20.0 Å². The number of carbonyl (C=O) groups excluding carboxylic acids is 1. The van der Waals surface area contributed by atoms with E-state index in [1.54, 1.807) is 0 Å². The fourth-order valence-corrected chi connectivity index (χ4v) is 2.29. The number of amides is 1. The molecular formula is C19H25N2O3+. The van der Waals surface area contributed by atoms with Crippen molar-refractivity contribution in [2.24, 2.45) is 0 Å². The van der Waals surface area contributed by atoms with Crippen molar-refractivity contribution in [1.82, 2.24) is 5.32 Å². The van der Waals surface area contributed by atoms with E-state index in [9.17, 15) is 9.90 Å². The zero-order chi connectivity index (χ0) is 17.2. The van der Waals surface area contributed by atoms with Crippen molar-refractivity contribution in [3.05, 3.63) is 65.7 Å². The molecule has 0 aromatic heterocycles. The smallest absolute Gasteiger partial charge is 0.217 e. The number of quaternary nitrogens is 1. The normalized spacial score (nSPS) is 11.8. The second-order valence-corrected chi connectivity index (χ2v) is 5.65. The van der Waals surface area contributed by atoms with Gasteiger partial charge < -0.3 is 20.5 Å². The van der Waals surface area contributed by atoms with Crippen LogP contribution in [-0.4, -0.2) is 30.7 Å². The van der Waals surface area contributed by atoms with Gasteiger partial charge in [0.05, 0.1) is 13.1 Å². The molecule has 1 amide bonds. The lowest BCUT2D eigenvalue weighted by molar-refractivity contribution is -0.668. The summed E-state index contributed by atoms with van der Waals surface area (Å²) in [5.41, 5.74) is 2.04. The topological polar surface area (TPSA) is 75.2 Å². The van der Waals surface area contributed by atoms with Crippen LogP contribution in [0.4, 0.5) is 0 Å². The summed E-state index contributed by atoms with van der Waals surface area (Å²) in [5, 5.41) is 15.0. The first-order chi connectivity index (χ1) is 11.6. The molecule has 0 radical (unpaired) electrons. The highest BCUT2D eigenvalue weighted by Gasteiger charge is 2.07. The van der Waals surface area contributed by atoms with E-state index in [-0.39, 0.29) is 12.5 Å². The van der Waals surface area contributed by atoms with Gasteiger partial charge in [-0.1, -0.05) is 30.3 Å². The number of rotatable bonds is 9. The molecule has 0 saturated carbocycles. The quantitative estimate of drug-likeness (QED) is 0.601. The molecule has 2 rings (SSSR count). The first-order valence-corrected chi connectivity index (χ1v) is 8.16. The second-order valence-electron chi connectivity index (χ2n) is 5.65. The molecule has 2 aromatic rings. The fourth-order valence-electron chi connectivity index (χ4n) is 2.29. The van der Waals surface area contributed by atoms with Crippen molar-refractivity contribution in [3.8, 4) is 5.75 Å². The largest absolute Gasteiger partial charge is 0.491 e. The molecule has 128 valence electrons.